The van der Waals surface area contributed by atoms with Gasteiger partial charge in [0.1, 0.15) is 23.1 Å². The zero-order chi connectivity index (χ0) is 27.0. The fourth-order valence-electron chi connectivity index (χ4n) is 5.88. The molecule has 9 nitrogen and oxygen atoms in total. The van der Waals surface area contributed by atoms with Crippen LogP contribution < -0.4 is 4.74 Å². The Bertz CT molecular complexity index is 1350. The van der Waals surface area contributed by atoms with Crippen molar-refractivity contribution in [3.05, 3.63) is 59.3 Å². The Balaban J connectivity index is 1.58. The minimum absolute atomic E-state index is 0.109. The molecule has 3 aromatic rings. The monoisotopic (exact) mass is 520 g/mol. The van der Waals surface area contributed by atoms with E-state index in [2.05, 4.69) is 16.8 Å². The van der Waals surface area contributed by atoms with Crippen LogP contribution in [0.2, 0.25) is 0 Å². The van der Waals surface area contributed by atoms with Gasteiger partial charge in [0, 0.05) is 49.8 Å². The molecule has 2 aromatic carbocycles. The molecule has 9 heteroatoms. The summed E-state index contributed by atoms with van der Waals surface area (Å²) in [5, 5.41) is 11.3. The number of nitrogens with one attached hydrogen (secondary N) is 1. The van der Waals surface area contributed by atoms with Gasteiger partial charge in [0.05, 0.1) is 13.2 Å². The third-order valence-electron chi connectivity index (χ3n) is 7.83. The highest BCUT2D eigenvalue weighted by Crippen LogP contribution is 2.49. The van der Waals surface area contributed by atoms with E-state index in [-0.39, 0.29) is 17.7 Å². The number of phenols is 1. The van der Waals surface area contributed by atoms with Crippen molar-refractivity contribution in [3.8, 4) is 11.5 Å². The Labute approximate surface area is 222 Å². The molecular weight excluding hydrogens is 484 g/mol. The second-order valence-corrected chi connectivity index (χ2v) is 10.1. The number of fused-ring (bicyclic) bond motifs is 4. The van der Waals surface area contributed by atoms with Gasteiger partial charge in [-0.2, -0.15) is 0 Å². The molecule has 0 bridgehead atoms. The molecule has 0 aliphatic carbocycles. The van der Waals surface area contributed by atoms with E-state index in [4.69, 9.17) is 9.47 Å². The lowest BCUT2D eigenvalue weighted by Crippen LogP contribution is -2.53. The van der Waals surface area contributed by atoms with Crippen LogP contribution in [0.1, 0.15) is 43.6 Å². The number of aromatic nitrogens is 1. The number of aromatic amines is 1. The third kappa shape index (κ3) is 4.29. The molecule has 0 spiro atoms. The number of nitrogens with zero attached hydrogens (tertiary/aromatic N) is 3. The number of aromatic hydroxyl groups is 1. The summed E-state index contributed by atoms with van der Waals surface area (Å²) in [6.07, 6.45) is 0.384. The van der Waals surface area contributed by atoms with Crippen LogP contribution in [0.15, 0.2) is 42.5 Å². The molecule has 3 amide bonds. The van der Waals surface area contributed by atoms with Crippen molar-refractivity contribution in [2.75, 3.05) is 46.5 Å². The standard InChI is InChI=1S/C29H36N4O5/c1-5-31(14-15-37-4)12-13-32-27(35)29(3)18-23-22-17-21(38-6-2)10-11-24(22)30-25(23)26(33(29)28(32)36)19-8-7-9-20(34)16-19/h7-11,16-17,26,30,34H,5-6,12-15,18H2,1-4H3/t26-,29+/m1/s1. The molecule has 2 atom stereocenters. The van der Waals surface area contributed by atoms with Crippen molar-refractivity contribution < 1.29 is 24.2 Å². The van der Waals surface area contributed by atoms with Crippen LogP contribution in [0.3, 0.4) is 0 Å². The Kier molecular flexibility index (Phi) is 7.07. The molecule has 38 heavy (non-hydrogen) atoms. The predicted molar refractivity (Wildman–Crippen MR) is 144 cm³/mol. The van der Waals surface area contributed by atoms with E-state index in [1.54, 1.807) is 30.2 Å². The molecule has 3 heterocycles. The Morgan fingerprint density at radius 2 is 1.97 bits per heavy atom. The molecule has 2 aliphatic rings. The van der Waals surface area contributed by atoms with E-state index in [0.29, 0.717) is 32.7 Å². The number of urea groups is 1. The average Bonchev–Trinajstić information content (AvgIpc) is 3.34. The molecule has 2 aliphatic heterocycles. The van der Waals surface area contributed by atoms with Crippen LogP contribution in [0.4, 0.5) is 4.79 Å². The number of carbonyl (C=O) groups is 2. The summed E-state index contributed by atoms with van der Waals surface area (Å²) in [5.41, 5.74) is 2.44. The van der Waals surface area contributed by atoms with Gasteiger partial charge >= 0.3 is 6.03 Å². The van der Waals surface area contributed by atoms with Gasteiger partial charge < -0.3 is 19.6 Å². The molecular formula is C29H36N4O5. The van der Waals surface area contributed by atoms with Crippen LogP contribution in [-0.2, 0) is 16.0 Å². The molecule has 1 fully saturated rings. The third-order valence-corrected chi connectivity index (χ3v) is 7.83. The first-order valence-corrected chi connectivity index (χ1v) is 13.2. The number of H-pyrrole nitrogens is 1. The van der Waals surface area contributed by atoms with Crippen molar-refractivity contribution in [1.29, 1.82) is 0 Å². The number of hydrogen-bond donors (Lipinski definition) is 2. The fourth-order valence-corrected chi connectivity index (χ4v) is 5.88. The second kappa shape index (κ2) is 10.3. The smallest absolute Gasteiger partial charge is 0.328 e. The number of methoxy groups -OCH3 is 1. The van der Waals surface area contributed by atoms with Crippen LogP contribution in [0.25, 0.3) is 10.9 Å². The molecule has 0 radical (unpaired) electrons. The van der Waals surface area contributed by atoms with Gasteiger partial charge in [-0.25, -0.2) is 4.79 Å². The largest absolute Gasteiger partial charge is 0.508 e. The van der Waals surface area contributed by atoms with Gasteiger partial charge in [0.15, 0.2) is 0 Å². The molecule has 2 N–H and O–H groups in total. The number of benzene rings is 2. The fraction of sp³-hybridized carbons (Fsp3) is 0.448. The maximum absolute atomic E-state index is 14.0. The summed E-state index contributed by atoms with van der Waals surface area (Å²) in [4.78, 5) is 36.8. The Hall–Kier alpha value is -3.56. The first kappa shape index (κ1) is 26.1. The minimum atomic E-state index is -1.07. The zero-order valence-corrected chi connectivity index (χ0v) is 22.5. The van der Waals surface area contributed by atoms with Crippen LogP contribution in [-0.4, -0.2) is 88.8 Å². The van der Waals surface area contributed by atoms with Gasteiger partial charge in [-0.3, -0.25) is 19.5 Å². The number of rotatable bonds is 10. The maximum atomic E-state index is 14.0. The summed E-state index contributed by atoms with van der Waals surface area (Å²) in [5.74, 6) is 0.670. The summed E-state index contributed by atoms with van der Waals surface area (Å²) >= 11 is 0. The van der Waals surface area contributed by atoms with Crippen molar-refractivity contribution >= 4 is 22.8 Å². The Morgan fingerprint density at radius 3 is 2.68 bits per heavy atom. The van der Waals surface area contributed by atoms with E-state index in [9.17, 15) is 14.7 Å². The predicted octanol–water partition coefficient (Wildman–Crippen LogP) is 3.91. The maximum Gasteiger partial charge on any atom is 0.328 e. The van der Waals surface area contributed by atoms with Gasteiger partial charge in [-0.1, -0.05) is 19.1 Å². The molecule has 0 unspecified atom stereocenters. The van der Waals surface area contributed by atoms with Crippen molar-refractivity contribution in [2.45, 2.75) is 38.8 Å². The highest BCUT2D eigenvalue weighted by atomic mass is 16.5. The van der Waals surface area contributed by atoms with Gasteiger partial charge in [-0.05, 0) is 61.9 Å². The molecule has 5 rings (SSSR count). The van der Waals surface area contributed by atoms with Crippen LogP contribution >= 0.6 is 0 Å². The number of imide groups is 1. The van der Waals surface area contributed by atoms with E-state index in [1.165, 1.54) is 4.90 Å². The van der Waals surface area contributed by atoms with E-state index >= 15 is 0 Å². The minimum Gasteiger partial charge on any atom is -0.508 e. The second-order valence-electron chi connectivity index (χ2n) is 10.1. The number of hydrogen-bond acceptors (Lipinski definition) is 6. The number of ether oxygens (including phenoxy) is 2. The number of amides is 3. The van der Waals surface area contributed by atoms with Gasteiger partial charge in [0.25, 0.3) is 5.91 Å². The summed E-state index contributed by atoms with van der Waals surface area (Å²) < 4.78 is 11.0. The van der Waals surface area contributed by atoms with E-state index in [0.717, 1.165) is 46.6 Å². The number of carbonyl (C=O) groups excluding carboxylic acids is 2. The summed E-state index contributed by atoms with van der Waals surface area (Å²) in [6, 6.07) is 11.9. The molecule has 1 saturated heterocycles. The molecule has 202 valence electrons. The highest BCUT2D eigenvalue weighted by Gasteiger charge is 2.60. The first-order chi connectivity index (χ1) is 18.3. The van der Waals surface area contributed by atoms with E-state index in [1.807, 2.05) is 38.1 Å². The SMILES string of the molecule is CCOc1ccc2[nH]c3c(c2c1)C[C@@]1(C)C(=O)N(CCN(CC)CCOC)C(=O)N1[C@@H]3c1cccc(O)c1. The van der Waals surface area contributed by atoms with Crippen LogP contribution in [0, 0.1) is 0 Å². The normalized spacial score (nSPS) is 20.9. The number of phenolic OH excluding ortho intramolecular Hbond substituents is 1. The topological polar surface area (TPSA) is 98.3 Å². The zero-order valence-electron chi connectivity index (χ0n) is 22.5. The van der Waals surface area contributed by atoms with Crippen molar-refractivity contribution in [2.24, 2.45) is 0 Å². The highest BCUT2D eigenvalue weighted by molar-refractivity contribution is 6.08. The van der Waals surface area contributed by atoms with Gasteiger partial charge in [-0.15, -0.1) is 0 Å². The quantitative estimate of drug-likeness (QED) is 0.394. The van der Waals surface area contributed by atoms with Crippen molar-refractivity contribution in [3.63, 3.8) is 0 Å². The number of likely N-dealkylation sites (N-methyl/N-ethyl adjacent to an activating group) is 1. The van der Waals surface area contributed by atoms with Gasteiger partial charge in [0.2, 0.25) is 0 Å². The Morgan fingerprint density at radius 1 is 1.16 bits per heavy atom. The summed E-state index contributed by atoms with van der Waals surface area (Å²) in [7, 11) is 1.66. The lowest BCUT2D eigenvalue weighted by atomic mass is 9.81. The summed E-state index contributed by atoms with van der Waals surface area (Å²) in [6.45, 7) is 9.40. The lowest BCUT2D eigenvalue weighted by Gasteiger charge is -2.42. The first-order valence-electron chi connectivity index (χ1n) is 13.2. The van der Waals surface area contributed by atoms with E-state index < -0.39 is 11.6 Å². The molecule has 0 saturated carbocycles. The molecule has 1 aromatic heterocycles. The van der Waals surface area contributed by atoms with Crippen LogP contribution in [0.5, 0.6) is 11.5 Å². The van der Waals surface area contributed by atoms with Crippen molar-refractivity contribution in [1.82, 2.24) is 19.7 Å². The average molecular weight is 521 g/mol. The lowest BCUT2D eigenvalue weighted by molar-refractivity contribution is -0.133.